The SMILES string of the molecule is CCN(CC)c1ccc(-c2cc3c(c4ccccc24)OC2(C=N3)N(C)c3ccc(NC(C)=O)cc3C2(C)C)cc1. The number of benzene rings is 4. The fourth-order valence-electron chi connectivity index (χ4n) is 6.40. The average Bonchev–Trinajstić information content (AvgIpc) is 3.11. The van der Waals surface area contributed by atoms with Gasteiger partial charge in [-0.05, 0) is 86.2 Å². The molecule has 0 saturated carbocycles. The molecule has 6 heteroatoms. The predicted molar refractivity (Wildman–Crippen MR) is 167 cm³/mol. The molecule has 1 N–H and O–H groups in total. The molecule has 0 fully saturated rings. The lowest BCUT2D eigenvalue weighted by Crippen LogP contribution is -2.61. The Hall–Kier alpha value is -4.32. The second kappa shape index (κ2) is 9.40. The van der Waals surface area contributed by atoms with Gasteiger partial charge in [0.15, 0.2) is 5.75 Å². The van der Waals surface area contributed by atoms with Gasteiger partial charge in [0.25, 0.3) is 0 Å². The van der Waals surface area contributed by atoms with E-state index in [4.69, 9.17) is 9.73 Å². The number of nitrogens with zero attached hydrogens (tertiary/aromatic N) is 3. The first-order valence-electron chi connectivity index (χ1n) is 14.0. The lowest BCUT2D eigenvalue weighted by atomic mass is 9.77. The minimum absolute atomic E-state index is 0.0896. The van der Waals surface area contributed by atoms with Gasteiger partial charge in [-0.25, -0.2) is 0 Å². The molecule has 2 aliphatic heterocycles. The molecule has 6 nitrogen and oxygen atoms in total. The van der Waals surface area contributed by atoms with Crippen molar-refractivity contribution in [1.29, 1.82) is 0 Å². The molecular weight excluding hydrogens is 496 g/mol. The van der Waals surface area contributed by atoms with Gasteiger partial charge in [-0.2, -0.15) is 0 Å². The summed E-state index contributed by atoms with van der Waals surface area (Å²) >= 11 is 0. The smallest absolute Gasteiger partial charge is 0.228 e. The zero-order valence-corrected chi connectivity index (χ0v) is 24.1. The molecule has 1 amide bonds. The molecule has 0 saturated heterocycles. The summed E-state index contributed by atoms with van der Waals surface area (Å²) in [6, 6.07) is 25.4. The number of fused-ring (bicyclic) bond motifs is 4. The maximum absolute atomic E-state index is 11.7. The van der Waals surface area contributed by atoms with E-state index in [-0.39, 0.29) is 5.91 Å². The number of aliphatic imine (C=N–C) groups is 1. The molecule has 6 rings (SSSR count). The van der Waals surface area contributed by atoms with Crippen LogP contribution in [0.15, 0.2) is 77.8 Å². The summed E-state index contributed by atoms with van der Waals surface area (Å²) in [5, 5.41) is 5.09. The van der Waals surface area contributed by atoms with Gasteiger partial charge in [0.2, 0.25) is 11.6 Å². The zero-order chi connectivity index (χ0) is 28.2. The monoisotopic (exact) mass is 532 g/mol. The Labute approximate surface area is 236 Å². The van der Waals surface area contributed by atoms with Crippen molar-refractivity contribution >= 4 is 45.6 Å². The molecule has 1 unspecified atom stereocenters. The van der Waals surface area contributed by atoms with Crippen molar-refractivity contribution in [3.63, 3.8) is 0 Å². The Morgan fingerprint density at radius 1 is 0.975 bits per heavy atom. The first-order chi connectivity index (χ1) is 19.2. The Morgan fingerprint density at radius 3 is 2.35 bits per heavy atom. The van der Waals surface area contributed by atoms with E-state index < -0.39 is 11.1 Å². The Balaban J connectivity index is 1.45. The van der Waals surface area contributed by atoms with Crippen LogP contribution in [0.5, 0.6) is 5.75 Å². The minimum Gasteiger partial charge on any atom is -0.459 e. The van der Waals surface area contributed by atoms with Gasteiger partial charge in [0.1, 0.15) is 5.69 Å². The highest BCUT2D eigenvalue weighted by Crippen LogP contribution is 2.55. The molecule has 0 aromatic heterocycles. The van der Waals surface area contributed by atoms with Crippen molar-refractivity contribution in [2.75, 3.05) is 35.3 Å². The third kappa shape index (κ3) is 3.77. The molecule has 0 bridgehead atoms. The summed E-state index contributed by atoms with van der Waals surface area (Å²) < 4.78 is 7.08. The maximum atomic E-state index is 11.7. The second-order valence-electron chi connectivity index (χ2n) is 11.2. The van der Waals surface area contributed by atoms with E-state index in [0.717, 1.165) is 63.4 Å². The maximum Gasteiger partial charge on any atom is 0.228 e. The summed E-state index contributed by atoms with van der Waals surface area (Å²) in [6.07, 6.45) is 1.95. The molecule has 4 aromatic rings. The van der Waals surface area contributed by atoms with E-state index in [0.29, 0.717) is 0 Å². The van der Waals surface area contributed by atoms with E-state index in [1.165, 1.54) is 12.6 Å². The standard InChI is InChI=1S/C34H36N4O2/c1-7-38(8-2)25-16-13-23(14-17-25)28-20-30-32(27-12-10-9-11-26(27)28)40-34(21-35-30)33(4,5)29-19-24(36-22(3)39)15-18-31(29)37(34)6/h9-21H,7-8H2,1-6H3,(H,36,39). The first kappa shape index (κ1) is 25.9. The van der Waals surface area contributed by atoms with Crippen LogP contribution in [-0.2, 0) is 10.2 Å². The van der Waals surface area contributed by atoms with Gasteiger partial charge in [-0.3, -0.25) is 9.79 Å². The van der Waals surface area contributed by atoms with Crippen molar-refractivity contribution in [1.82, 2.24) is 0 Å². The molecule has 2 heterocycles. The Bertz CT molecular complexity index is 1650. The fraction of sp³-hybridized carbons (Fsp3) is 0.294. The van der Waals surface area contributed by atoms with Crippen LogP contribution in [0.1, 0.15) is 40.2 Å². The molecule has 2 aliphatic rings. The number of hydrogen-bond acceptors (Lipinski definition) is 5. The highest BCUT2D eigenvalue weighted by molar-refractivity contribution is 6.05. The van der Waals surface area contributed by atoms with E-state index in [9.17, 15) is 4.79 Å². The summed E-state index contributed by atoms with van der Waals surface area (Å²) in [4.78, 5) is 21.3. The third-order valence-electron chi connectivity index (χ3n) is 8.66. The summed E-state index contributed by atoms with van der Waals surface area (Å²) in [5.41, 5.74) is 6.01. The highest BCUT2D eigenvalue weighted by atomic mass is 16.5. The number of carbonyl (C=O) groups is 1. The van der Waals surface area contributed by atoms with Crippen molar-refractivity contribution in [2.24, 2.45) is 4.99 Å². The van der Waals surface area contributed by atoms with E-state index in [1.54, 1.807) is 0 Å². The topological polar surface area (TPSA) is 57.2 Å². The van der Waals surface area contributed by atoms with Gasteiger partial charge in [-0.1, -0.05) is 36.4 Å². The summed E-state index contributed by atoms with van der Waals surface area (Å²) in [5.74, 6) is 0.699. The molecule has 0 aliphatic carbocycles. The molecule has 204 valence electrons. The largest absolute Gasteiger partial charge is 0.459 e. The number of amides is 1. The van der Waals surface area contributed by atoms with Crippen LogP contribution in [-0.4, -0.2) is 38.0 Å². The molecule has 1 spiro atoms. The van der Waals surface area contributed by atoms with E-state index in [2.05, 4.69) is 111 Å². The summed E-state index contributed by atoms with van der Waals surface area (Å²) in [6.45, 7) is 12.2. The van der Waals surface area contributed by atoms with Gasteiger partial charge >= 0.3 is 0 Å². The predicted octanol–water partition coefficient (Wildman–Crippen LogP) is 7.53. The number of nitrogens with one attached hydrogen (secondary N) is 1. The van der Waals surface area contributed by atoms with Crippen LogP contribution in [0.25, 0.3) is 21.9 Å². The van der Waals surface area contributed by atoms with Crippen LogP contribution in [0.4, 0.5) is 22.7 Å². The van der Waals surface area contributed by atoms with Crippen molar-refractivity contribution in [3.05, 3.63) is 78.4 Å². The van der Waals surface area contributed by atoms with Crippen LogP contribution in [0, 0.1) is 0 Å². The van der Waals surface area contributed by atoms with Crippen molar-refractivity contribution in [2.45, 2.75) is 45.8 Å². The molecule has 40 heavy (non-hydrogen) atoms. The first-order valence-corrected chi connectivity index (χ1v) is 14.0. The van der Waals surface area contributed by atoms with Gasteiger partial charge in [-0.15, -0.1) is 0 Å². The van der Waals surface area contributed by atoms with E-state index >= 15 is 0 Å². The molecule has 1 atom stereocenters. The van der Waals surface area contributed by atoms with Crippen molar-refractivity contribution in [3.8, 4) is 16.9 Å². The number of rotatable bonds is 5. The number of carbonyl (C=O) groups excluding carboxylic acids is 1. The molecule has 4 aromatic carbocycles. The van der Waals surface area contributed by atoms with Crippen molar-refractivity contribution < 1.29 is 9.53 Å². The van der Waals surface area contributed by atoms with Gasteiger partial charge < -0.3 is 19.9 Å². The van der Waals surface area contributed by atoms with Crippen LogP contribution >= 0.6 is 0 Å². The number of hydrogen-bond donors (Lipinski definition) is 1. The number of likely N-dealkylation sites (N-methyl/N-ethyl adjacent to an activating group) is 1. The van der Waals surface area contributed by atoms with Gasteiger partial charge in [0, 0.05) is 49.5 Å². The quantitative estimate of drug-likeness (QED) is 0.289. The average molecular weight is 533 g/mol. The normalized spacial score (nSPS) is 18.4. The molecule has 0 radical (unpaired) electrons. The number of ether oxygens (including phenoxy) is 1. The number of anilines is 3. The summed E-state index contributed by atoms with van der Waals surface area (Å²) in [7, 11) is 2.05. The minimum atomic E-state index is -0.827. The third-order valence-corrected chi connectivity index (χ3v) is 8.66. The lowest BCUT2D eigenvalue weighted by Gasteiger charge is -2.45. The second-order valence-corrected chi connectivity index (χ2v) is 11.2. The van der Waals surface area contributed by atoms with Gasteiger partial charge in [0.05, 0.1) is 11.6 Å². The lowest BCUT2D eigenvalue weighted by molar-refractivity contribution is -0.114. The Kier molecular flexibility index (Phi) is 6.10. The highest BCUT2D eigenvalue weighted by Gasteiger charge is 2.58. The van der Waals surface area contributed by atoms with E-state index in [1.807, 2.05) is 18.3 Å². The zero-order valence-electron chi connectivity index (χ0n) is 24.1. The van der Waals surface area contributed by atoms with Crippen LogP contribution < -0.4 is 19.9 Å². The van der Waals surface area contributed by atoms with Crippen LogP contribution in [0.3, 0.4) is 0 Å². The Morgan fingerprint density at radius 2 is 1.68 bits per heavy atom. The molecular formula is C34H36N4O2. The fourth-order valence-corrected chi connectivity index (χ4v) is 6.40. The van der Waals surface area contributed by atoms with Crippen LogP contribution in [0.2, 0.25) is 0 Å².